The molecular weight excluding hydrogens is 322 g/mol. The molecule has 3 rings (SSSR count). The van der Waals surface area contributed by atoms with Crippen LogP contribution >= 0.6 is 15.9 Å². The van der Waals surface area contributed by atoms with Gasteiger partial charge >= 0.3 is 0 Å². The molecule has 0 saturated carbocycles. The van der Waals surface area contributed by atoms with Crippen molar-refractivity contribution in [2.24, 2.45) is 0 Å². The van der Waals surface area contributed by atoms with E-state index in [2.05, 4.69) is 20.9 Å². The number of ether oxygens (including phenoxy) is 2. The summed E-state index contributed by atoms with van der Waals surface area (Å²) in [6.07, 6.45) is 0. The van der Waals surface area contributed by atoms with Crippen LogP contribution in [0.3, 0.4) is 0 Å². The van der Waals surface area contributed by atoms with E-state index in [0.717, 1.165) is 21.1 Å². The predicted molar refractivity (Wildman–Crippen MR) is 80.2 cm³/mol. The Hall–Kier alpha value is -2.01. The molecule has 2 aromatic carbocycles. The summed E-state index contributed by atoms with van der Waals surface area (Å²) < 4.78 is 17.2. The number of methoxy groups -OCH3 is 2. The zero-order valence-electron chi connectivity index (χ0n) is 11.0. The van der Waals surface area contributed by atoms with Crippen molar-refractivity contribution in [1.29, 1.82) is 0 Å². The van der Waals surface area contributed by atoms with Crippen LogP contribution in [0.2, 0.25) is 0 Å². The number of oxazole rings is 1. The van der Waals surface area contributed by atoms with E-state index >= 15 is 0 Å². The van der Waals surface area contributed by atoms with Crippen molar-refractivity contribution >= 4 is 27.0 Å². The Morgan fingerprint density at radius 2 is 1.80 bits per heavy atom. The van der Waals surface area contributed by atoms with E-state index in [9.17, 15) is 0 Å². The third-order valence-electron chi connectivity index (χ3n) is 2.98. The van der Waals surface area contributed by atoms with E-state index in [1.807, 2.05) is 36.4 Å². The molecule has 0 aliphatic carbocycles. The van der Waals surface area contributed by atoms with Crippen molar-refractivity contribution in [3.05, 3.63) is 40.9 Å². The zero-order chi connectivity index (χ0) is 14.1. The van der Waals surface area contributed by atoms with Crippen LogP contribution in [0.5, 0.6) is 11.5 Å². The van der Waals surface area contributed by atoms with Gasteiger partial charge in [-0.2, -0.15) is 0 Å². The Labute approximate surface area is 124 Å². The van der Waals surface area contributed by atoms with Gasteiger partial charge in [-0.05, 0) is 36.4 Å². The molecule has 1 heterocycles. The van der Waals surface area contributed by atoms with Gasteiger partial charge in [0, 0.05) is 10.0 Å². The Morgan fingerprint density at radius 1 is 1.00 bits per heavy atom. The summed E-state index contributed by atoms with van der Waals surface area (Å²) in [6.45, 7) is 0. The second-order valence-corrected chi connectivity index (χ2v) is 5.12. The van der Waals surface area contributed by atoms with E-state index in [1.165, 1.54) is 0 Å². The van der Waals surface area contributed by atoms with E-state index < -0.39 is 0 Å². The van der Waals surface area contributed by atoms with Gasteiger partial charge in [0.2, 0.25) is 5.89 Å². The van der Waals surface area contributed by atoms with Crippen LogP contribution in [0.4, 0.5) is 0 Å². The summed E-state index contributed by atoms with van der Waals surface area (Å²) in [6, 6.07) is 11.3. The van der Waals surface area contributed by atoms with Crippen molar-refractivity contribution in [3.63, 3.8) is 0 Å². The molecular formula is C15H12BrNO3. The monoisotopic (exact) mass is 333 g/mol. The molecule has 3 aromatic rings. The molecule has 0 aliphatic heterocycles. The molecule has 20 heavy (non-hydrogen) atoms. The number of benzene rings is 2. The van der Waals surface area contributed by atoms with E-state index in [1.54, 1.807) is 14.2 Å². The number of hydrogen-bond donors (Lipinski definition) is 0. The molecule has 0 N–H and O–H groups in total. The molecule has 0 saturated heterocycles. The van der Waals surface area contributed by atoms with Gasteiger partial charge in [0.05, 0.1) is 14.2 Å². The van der Waals surface area contributed by atoms with Gasteiger partial charge < -0.3 is 13.9 Å². The SMILES string of the molecule is COc1ccc(-c2nc3cc(Br)ccc3o2)cc1OC. The van der Waals surface area contributed by atoms with Crippen LogP contribution in [-0.4, -0.2) is 19.2 Å². The summed E-state index contributed by atoms with van der Waals surface area (Å²) in [5.74, 6) is 1.88. The lowest BCUT2D eigenvalue weighted by Gasteiger charge is -2.07. The molecule has 0 amide bonds. The second-order valence-electron chi connectivity index (χ2n) is 4.20. The first-order valence-corrected chi connectivity index (χ1v) is 6.79. The maximum absolute atomic E-state index is 5.75. The van der Waals surface area contributed by atoms with Crippen molar-refractivity contribution < 1.29 is 13.9 Å². The van der Waals surface area contributed by atoms with Gasteiger partial charge in [-0.25, -0.2) is 4.98 Å². The highest BCUT2D eigenvalue weighted by Crippen LogP contribution is 2.33. The molecule has 5 heteroatoms. The van der Waals surface area contributed by atoms with Crippen LogP contribution in [0.1, 0.15) is 0 Å². The van der Waals surface area contributed by atoms with Gasteiger partial charge in [0.25, 0.3) is 0 Å². The lowest BCUT2D eigenvalue weighted by molar-refractivity contribution is 0.355. The van der Waals surface area contributed by atoms with E-state index in [-0.39, 0.29) is 0 Å². The van der Waals surface area contributed by atoms with Gasteiger partial charge in [0.1, 0.15) is 5.52 Å². The average molecular weight is 334 g/mol. The molecule has 102 valence electrons. The summed E-state index contributed by atoms with van der Waals surface area (Å²) in [7, 11) is 3.21. The van der Waals surface area contributed by atoms with Crippen LogP contribution in [-0.2, 0) is 0 Å². The molecule has 0 radical (unpaired) electrons. The van der Waals surface area contributed by atoms with Gasteiger partial charge in [-0.3, -0.25) is 0 Å². The highest BCUT2D eigenvalue weighted by Gasteiger charge is 2.11. The van der Waals surface area contributed by atoms with Crippen LogP contribution < -0.4 is 9.47 Å². The zero-order valence-corrected chi connectivity index (χ0v) is 12.6. The first-order valence-electron chi connectivity index (χ1n) is 6.00. The van der Waals surface area contributed by atoms with Crippen LogP contribution in [0.15, 0.2) is 45.3 Å². The Kier molecular flexibility index (Phi) is 3.36. The summed E-state index contributed by atoms with van der Waals surface area (Å²) in [5, 5.41) is 0. The number of rotatable bonds is 3. The fourth-order valence-electron chi connectivity index (χ4n) is 1.99. The Morgan fingerprint density at radius 3 is 2.55 bits per heavy atom. The lowest BCUT2D eigenvalue weighted by atomic mass is 10.2. The number of fused-ring (bicyclic) bond motifs is 1. The minimum absolute atomic E-state index is 0.555. The van der Waals surface area contributed by atoms with Crippen molar-refractivity contribution in [3.8, 4) is 23.0 Å². The van der Waals surface area contributed by atoms with Crippen LogP contribution in [0.25, 0.3) is 22.6 Å². The number of aromatic nitrogens is 1. The third-order valence-corrected chi connectivity index (χ3v) is 3.47. The highest BCUT2D eigenvalue weighted by atomic mass is 79.9. The quantitative estimate of drug-likeness (QED) is 0.717. The van der Waals surface area contributed by atoms with Gasteiger partial charge in [0.15, 0.2) is 17.1 Å². The topological polar surface area (TPSA) is 44.5 Å². The summed E-state index contributed by atoms with van der Waals surface area (Å²) in [5.41, 5.74) is 2.40. The van der Waals surface area contributed by atoms with Crippen molar-refractivity contribution in [1.82, 2.24) is 4.98 Å². The predicted octanol–water partition coefficient (Wildman–Crippen LogP) is 4.27. The Balaban J connectivity index is 2.10. The van der Waals surface area contributed by atoms with E-state index in [4.69, 9.17) is 13.9 Å². The van der Waals surface area contributed by atoms with Crippen molar-refractivity contribution in [2.75, 3.05) is 14.2 Å². The number of nitrogens with zero attached hydrogens (tertiary/aromatic N) is 1. The number of halogens is 1. The summed E-state index contributed by atoms with van der Waals surface area (Å²) >= 11 is 3.42. The lowest BCUT2D eigenvalue weighted by Crippen LogP contribution is -1.90. The highest BCUT2D eigenvalue weighted by molar-refractivity contribution is 9.10. The average Bonchev–Trinajstić information content (AvgIpc) is 2.89. The van der Waals surface area contributed by atoms with Gasteiger partial charge in [-0.1, -0.05) is 15.9 Å². The number of hydrogen-bond acceptors (Lipinski definition) is 4. The second kappa shape index (κ2) is 5.17. The fraction of sp³-hybridized carbons (Fsp3) is 0.133. The molecule has 0 atom stereocenters. The molecule has 0 aliphatic rings. The fourth-order valence-corrected chi connectivity index (χ4v) is 2.34. The minimum Gasteiger partial charge on any atom is -0.493 e. The first-order chi connectivity index (χ1) is 9.71. The maximum atomic E-state index is 5.75. The standard InChI is InChI=1S/C15H12BrNO3/c1-18-13-5-3-9(7-14(13)19-2)15-17-11-8-10(16)4-6-12(11)20-15/h3-8H,1-2H3. The molecule has 0 unspecified atom stereocenters. The molecule has 0 spiro atoms. The molecule has 0 bridgehead atoms. The van der Waals surface area contributed by atoms with E-state index in [0.29, 0.717) is 17.4 Å². The van der Waals surface area contributed by atoms with Crippen LogP contribution in [0, 0.1) is 0 Å². The molecule has 0 fully saturated rings. The smallest absolute Gasteiger partial charge is 0.227 e. The third kappa shape index (κ3) is 2.25. The Bertz CT molecular complexity index is 767. The molecule has 4 nitrogen and oxygen atoms in total. The minimum atomic E-state index is 0.555. The summed E-state index contributed by atoms with van der Waals surface area (Å²) in [4.78, 5) is 4.48. The van der Waals surface area contributed by atoms with Crippen molar-refractivity contribution in [2.45, 2.75) is 0 Å². The molecule has 1 aromatic heterocycles. The largest absolute Gasteiger partial charge is 0.493 e. The maximum Gasteiger partial charge on any atom is 0.227 e. The first kappa shape index (κ1) is 13.0. The normalized spacial score (nSPS) is 10.8. The van der Waals surface area contributed by atoms with Gasteiger partial charge in [-0.15, -0.1) is 0 Å².